The Kier molecular flexibility index (Phi) is 8.03. The van der Waals surface area contributed by atoms with Gasteiger partial charge in [-0.25, -0.2) is 9.40 Å². The fourth-order valence-corrected chi connectivity index (χ4v) is 3.59. The number of hydrogen-bond donors (Lipinski definition) is 1. The molecule has 1 N–H and O–H groups in total. The van der Waals surface area contributed by atoms with Crippen molar-refractivity contribution in [1.82, 2.24) is 5.01 Å². The average Bonchev–Trinajstić information content (AvgIpc) is 2.81. The summed E-state index contributed by atoms with van der Waals surface area (Å²) in [6, 6.07) is 12.6. The van der Waals surface area contributed by atoms with Gasteiger partial charge in [-0.05, 0) is 42.3 Å². The highest BCUT2D eigenvalue weighted by atomic mass is 19.1. The summed E-state index contributed by atoms with van der Waals surface area (Å²) in [4.78, 5) is 24.6. The number of ether oxygens (including phenoxy) is 2. The molecule has 2 amide bonds. The molecule has 0 fully saturated rings. The molecule has 2 aromatic carbocycles. The molecule has 1 unspecified atom stereocenters. The smallest absolute Gasteiger partial charge is 0.243 e. The van der Waals surface area contributed by atoms with Gasteiger partial charge < -0.3 is 14.8 Å². The molecule has 0 aliphatic carbocycles. The minimum atomic E-state index is -0.948. The van der Waals surface area contributed by atoms with E-state index in [2.05, 4.69) is 10.4 Å². The van der Waals surface area contributed by atoms with Crippen molar-refractivity contribution in [2.75, 3.05) is 19.3 Å². The molecule has 0 saturated carbocycles. The first-order chi connectivity index (χ1) is 15.9. The SMILES string of the molecule is CCC1CC(=O)N(Cc2ccc(NC(=O)C(C)C)cc2)N=C1c1ccc(OCF)c(OC)c1. The Hall–Kier alpha value is -3.42. The lowest BCUT2D eigenvalue weighted by Gasteiger charge is -2.29. The van der Waals surface area contributed by atoms with Gasteiger partial charge in [0.25, 0.3) is 0 Å². The molecule has 1 atom stereocenters. The topological polar surface area (TPSA) is 80.2 Å². The summed E-state index contributed by atoms with van der Waals surface area (Å²) < 4.78 is 22.9. The molecule has 0 bridgehead atoms. The van der Waals surface area contributed by atoms with Crippen LogP contribution in [0.3, 0.4) is 0 Å². The van der Waals surface area contributed by atoms with E-state index in [9.17, 15) is 14.0 Å². The molecular formula is C25H30FN3O4. The highest BCUT2D eigenvalue weighted by molar-refractivity contribution is 6.06. The van der Waals surface area contributed by atoms with E-state index in [1.807, 2.05) is 45.0 Å². The van der Waals surface area contributed by atoms with Crippen LogP contribution in [-0.2, 0) is 16.1 Å². The maximum atomic E-state index is 12.8. The fraction of sp³-hybridized carbons (Fsp3) is 0.400. The van der Waals surface area contributed by atoms with Crippen molar-refractivity contribution in [2.24, 2.45) is 16.9 Å². The summed E-state index contributed by atoms with van der Waals surface area (Å²) in [7, 11) is 1.49. The lowest BCUT2D eigenvalue weighted by atomic mass is 9.89. The Labute approximate surface area is 193 Å². The summed E-state index contributed by atoms with van der Waals surface area (Å²) in [5.74, 6) is 0.487. The fourth-order valence-electron chi connectivity index (χ4n) is 3.59. The third kappa shape index (κ3) is 5.88. The Morgan fingerprint density at radius 1 is 1.21 bits per heavy atom. The summed E-state index contributed by atoms with van der Waals surface area (Å²) >= 11 is 0. The molecule has 0 radical (unpaired) electrons. The average molecular weight is 456 g/mol. The first-order valence-corrected chi connectivity index (χ1v) is 11.0. The zero-order valence-corrected chi connectivity index (χ0v) is 19.4. The number of halogens is 1. The number of carbonyl (C=O) groups is 2. The molecule has 0 aromatic heterocycles. The lowest BCUT2D eigenvalue weighted by Crippen LogP contribution is -2.36. The van der Waals surface area contributed by atoms with Crippen molar-refractivity contribution in [3.63, 3.8) is 0 Å². The molecule has 1 heterocycles. The van der Waals surface area contributed by atoms with Gasteiger partial charge in [0.2, 0.25) is 18.7 Å². The van der Waals surface area contributed by atoms with E-state index >= 15 is 0 Å². The van der Waals surface area contributed by atoms with Gasteiger partial charge in [0.1, 0.15) is 0 Å². The Morgan fingerprint density at radius 2 is 1.94 bits per heavy atom. The van der Waals surface area contributed by atoms with E-state index in [4.69, 9.17) is 9.47 Å². The predicted octanol–water partition coefficient (Wildman–Crippen LogP) is 4.76. The molecule has 0 saturated heterocycles. The highest BCUT2D eigenvalue weighted by Gasteiger charge is 2.29. The van der Waals surface area contributed by atoms with Gasteiger partial charge in [-0.15, -0.1) is 0 Å². The number of nitrogens with one attached hydrogen (secondary N) is 1. The molecule has 1 aliphatic rings. The van der Waals surface area contributed by atoms with Crippen molar-refractivity contribution in [3.8, 4) is 11.5 Å². The summed E-state index contributed by atoms with van der Waals surface area (Å²) in [5, 5.41) is 9.01. The van der Waals surface area contributed by atoms with E-state index in [1.54, 1.807) is 18.2 Å². The normalized spacial score (nSPS) is 15.9. The van der Waals surface area contributed by atoms with Crippen LogP contribution in [0.5, 0.6) is 11.5 Å². The van der Waals surface area contributed by atoms with Crippen LogP contribution in [0.2, 0.25) is 0 Å². The zero-order valence-electron chi connectivity index (χ0n) is 19.4. The molecule has 0 spiro atoms. The van der Waals surface area contributed by atoms with Crippen molar-refractivity contribution in [3.05, 3.63) is 53.6 Å². The minimum Gasteiger partial charge on any atom is -0.493 e. The van der Waals surface area contributed by atoms with Crippen LogP contribution in [0.4, 0.5) is 10.1 Å². The van der Waals surface area contributed by atoms with Crippen molar-refractivity contribution in [2.45, 2.75) is 40.2 Å². The molecule has 2 aromatic rings. The maximum absolute atomic E-state index is 12.8. The van der Waals surface area contributed by atoms with Gasteiger partial charge in [0, 0.05) is 29.5 Å². The molecular weight excluding hydrogens is 425 g/mol. The predicted molar refractivity (Wildman–Crippen MR) is 125 cm³/mol. The number of hydrazone groups is 1. The van der Waals surface area contributed by atoms with Crippen LogP contribution in [0.25, 0.3) is 0 Å². The van der Waals surface area contributed by atoms with E-state index in [-0.39, 0.29) is 23.7 Å². The van der Waals surface area contributed by atoms with Gasteiger partial charge in [-0.2, -0.15) is 5.10 Å². The van der Waals surface area contributed by atoms with Crippen LogP contribution in [0.15, 0.2) is 47.6 Å². The Bertz CT molecular complexity index is 1020. The number of alkyl halides is 1. The van der Waals surface area contributed by atoms with Gasteiger partial charge in [0.05, 0.1) is 19.4 Å². The monoisotopic (exact) mass is 455 g/mol. The molecule has 7 nitrogen and oxygen atoms in total. The first-order valence-electron chi connectivity index (χ1n) is 11.0. The van der Waals surface area contributed by atoms with Crippen LogP contribution >= 0.6 is 0 Å². The highest BCUT2D eigenvalue weighted by Crippen LogP contribution is 2.32. The number of carbonyl (C=O) groups excluding carboxylic acids is 2. The van der Waals surface area contributed by atoms with E-state index in [0.29, 0.717) is 30.2 Å². The number of anilines is 1. The summed E-state index contributed by atoms with van der Waals surface area (Å²) in [6.45, 7) is 5.06. The Morgan fingerprint density at radius 3 is 2.55 bits per heavy atom. The number of hydrogen-bond acceptors (Lipinski definition) is 5. The van der Waals surface area contributed by atoms with Gasteiger partial charge in [-0.3, -0.25) is 9.59 Å². The van der Waals surface area contributed by atoms with Crippen molar-refractivity contribution < 1.29 is 23.5 Å². The van der Waals surface area contributed by atoms with Crippen molar-refractivity contribution >= 4 is 23.2 Å². The molecule has 33 heavy (non-hydrogen) atoms. The minimum absolute atomic E-state index is 0.0278. The third-order valence-corrected chi connectivity index (χ3v) is 5.56. The van der Waals surface area contributed by atoms with Crippen molar-refractivity contribution in [1.29, 1.82) is 0 Å². The van der Waals surface area contributed by atoms with E-state index < -0.39 is 6.86 Å². The second kappa shape index (κ2) is 10.9. The van der Waals surface area contributed by atoms with Crippen LogP contribution < -0.4 is 14.8 Å². The third-order valence-electron chi connectivity index (χ3n) is 5.56. The Balaban J connectivity index is 1.83. The number of amides is 2. The first kappa shape index (κ1) is 24.2. The number of nitrogens with zero attached hydrogens (tertiary/aromatic N) is 2. The number of benzene rings is 2. The van der Waals surface area contributed by atoms with E-state index in [0.717, 1.165) is 23.3 Å². The number of methoxy groups -OCH3 is 1. The molecule has 3 rings (SSSR count). The summed E-state index contributed by atoms with van der Waals surface area (Å²) in [6.07, 6.45) is 1.11. The van der Waals surface area contributed by atoms with E-state index in [1.165, 1.54) is 12.1 Å². The quantitative estimate of drug-likeness (QED) is 0.591. The molecule has 176 valence electrons. The van der Waals surface area contributed by atoms with Gasteiger partial charge >= 0.3 is 0 Å². The standard InChI is InChI=1S/C25H30FN3O4/c1-5-18-13-23(30)29(14-17-6-9-20(10-7-17)27-25(31)16(2)3)28-24(18)19-8-11-21(33-15-26)22(12-19)32-4/h6-12,16,18H,5,13-15H2,1-4H3,(H,27,31). The van der Waals surface area contributed by atoms with Crippen LogP contribution in [0.1, 0.15) is 44.7 Å². The van der Waals surface area contributed by atoms with Crippen LogP contribution in [0, 0.1) is 11.8 Å². The van der Waals surface area contributed by atoms with Gasteiger partial charge in [0.15, 0.2) is 11.5 Å². The van der Waals surface area contributed by atoms with Gasteiger partial charge in [-0.1, -0.05) is 32.9 Å². The second-order valence-corrected chi connectivity index (χ2v) is 8.21. The molecule has 1 aliphatic heterocycles. The second-order valence-electron chi connectivity index (χ2n) is 8.21. The summed E-state index contributed by atoms with van der Waals surface area (Å²) in [5.41, 5.74) is 3.19. The van der Waals surface area contributed by atoms with Crippen LogP contribution in [-0.4, -0.2) is 36.5 Å². The molecule has 8 heteroatoms. The number of rotatable bonds is 9. The maximum Gasteiger partial charge on any atom is 0.243 e. The largest absolute Gasteiger partial charge is 0.493 e. The lowest BCUT2D eigenvalue weighted by molar-refractivity contribution is -0.133. The zero-order chi connectivity index (χ0) is 24.0.